The maximum absolute atomic E-state index is 12.5. The van der Waals surface area contributed by atoms with E-state index in [0.717, 1.165) is 11.3 Å². The molecule has 1 aromatic heterocycles. The van der Waals surface area contributed by atoms with Crippen LogP contribution in [0.2, 0.25) is 0 Å². The number of carbonyl (C=O) groups excluding carboxylic acids is 2. The molecule has 0 aliphatic rings. The lowest BCUT2D eigenvalue weighted by Gasteiger charge is -2.08. The third-order valence-corrected chi connectivity index (χ3v) is 5.69. The predicted molar refractivity (Wildman–Crippen MR) is 116 cm³/mol. The predicted octanol–water partition coefficient (Wildman–Crippen LogP) is 4.23. The highest BCUT2D eigenvalue weighted by molar-refractivity contribution is 8.01. The Kier molecular flexibility index (Phi) is 7.20. The van der Waals surface area contributed by atoms with Crippen molar-refractivity contribution >= 4 is 45.7 Å². The molecule has 0 radical (unpaired) electrons. The number of ether oxygens (including phenoxy) is 1. The zero-order chi connectivity index (χ0) is 20.6. The molecular formula is C20H20N4O3S2. The van der Waals surface area contributed by atoms with Gasteiger partial charge in [0, 0.05) is 5.69 Å². The van der Waals surface area contributed by atoms with Crippen LogP contribution >= 0.6 is 23.1 Å². The van der Waals surface area contributed by atoms with Gasteiger partial charge in [0.2, 0.25) is 11.0 Å². The van der Waals surface area contributed by atoms with E-state index in [0.29, 0.717) is 27.4 Å². The van der Waals surface area contributed by atoms with Crippen molar-refractivity contribution in [3.8, 4) is 5.75 Å². The number of benzene rings is 2. The molecule has 1 heterocycles. The summed E-state index contributed by atoms with van der Waals surface area (Å²) in [6, 6.07) is 14.6. The normalized spacial score (nSPS) is 10.4. The third-order valence-electron chi connectivity index (χ3n) is 3.72. The van der Waals surface area contributed by atoms with E-state index < -0.39 is 0 Å². The van der Waals surface area contributed by atoms with Gasteiger partial charge in [0.1, 0.15) is 5.75 Å². The zero-order valence-electron chi connectivity index (χ0n) is 16.0. The van der Waals surface area contributed by atoms with E-state index in [-0.39, 0.29) is 17.6 Å². The number of amides is 2. The standard InChI is InChI=1S/C20H20N4O3S2/c1-3-27-16-7-5-4-6-15(16)18(26)22-19-23-24-20(29-19)28-12-17(25)21-14-10-8-13(2)9-11-14/h4-11H,3,12H2,1-2H3,(H,21,25)(H,22,23,26). The maximum Gasteiger partial charge on any atom is 0.261 e. The number of aromatic nitrogens is 2. The highest BCUT2D eigenvalue weighted by Gasteiger charge is 2.15. The van der Waals surface area contributed by atoms with Crippen molar-refractivity contribution in [2.75, 3.05) is 23.0 Å². The fourth-order valence-corrected chi connectivity index (χ4v) is 3.93. The SMILES string of the molecule is CCOc1ccccc1C(=O)Nc1nnc(SCC(=O)Nc2ccc(C)cc2)s1. The second-order valence-electron chi connectivity index (χ2n) is 5.96. The van der Waals surface area contributed by atoms with Crippen LogP contribution in [0.1, 0.15) is 22.8 Å². The lowest BCUT2D eigenvalue weighted by molar-refractivity contribution is -0.113. The van der Waals surface area contributed by atoms with Gasteiger partial charge in [0.15, 0.2) is 4.34 Å². The minimum atomic E-state index is -0.320. The van der Waals surface area contributed by atoms with E-state index in [2.05, 4.69) is 20.8 Å². The highest BCUT2D eigenvalue weighted by Crippen LogP contribution is 2.27. The number of para-hydroxylation sites is 1. The third kappa shape index (κ3) is 6.03. The molecule has 2 N–H and O–H groups in total. The van der Waals surface area contributed by atoms with Gasteiger partial charge in [-0.2, -0.15) is 0 Å². The lowest BCUT2D eigenvalue weighted by Crippen LogP contribution is -2.13. The van der Waals surface area contributed by atoms with Crippen molar-refractivity contribution in [1.29, 1.82) is 0 Å². The average Bonchev–Trinajstić information content (AvgIpc) is 3.16. The van der Waals surface area contributed by atoms with Gasteiger partial charge < -0.3 is 10.1 Å². The number of hydrogen-bond donors (Lipinski definition) is 2. The number of nitrogens with one attached hydrogen (secondary N) is 2. The molecule has 0 unspecified atom stereocenters. The Morgan fingerprint density at radius 1 is 1.07 bits per heavy atom. The molecule has 0 aliphatic carbocycles. The van der Waals surface area contributed by atoms with Gasteiger partial charge in [0.05, 0.1) is 17.9 Å². The molecule has 0 saturated heterocycles. The van der Waals surface area contributed by atoms with Crippen LogP contribution in [-0.4, -0.2) is 34.4 Å². The number of carbonyl (C=O) groups is 2. The monoisotopic (exact) mass is 428 g/mol. The van der Waals surface area contributed by atoms with Crippen molar-refractivity contribution in [3.63, 3.8) is 0 Å². The minimum Gasteiger partial charge on any atom is -0.493 e. The summed E-state index contributed by atoms with van der Waals surface area (Å²) in [5, 5.41) is 13.9. The molecule has 7 nitrogen and oxygen atoms in total. The molecule has 0 saturated carbocycles. The molecule has 3 aromatic rings. The minimum absolute atomic E-state index is 0.134. The van der Waals surface area contributed by atoms with Gasteiger partial charge >= 0.3 is 0 Å². The van der Waals surface area contributed by atoms with Gasteiger partial charge in [-0.05, 0) is 38.1 Å². The number of hydrogen-bond acceptors (Lipinski definition) is 7. The Labute approximate surface area is 176 Å². The largest absolute Gasteiger partial charge is 0.493 e. The molecule has 29 heavy (non-hydrogen) atoms. The van der Waals surface area contributed by atoms with Crippen molar-refractivity contribution in [3.05, 3.63) is 59.7 Å². The first kappa shape index (κ1) is 20.8. The van der Waals surface area contributed by atoms with Crippen LogP contribution in [0.4, 0.5) is 10.8 Å². The first-order valence-electron chi connectivity index (χ1n) is 8.91. The molecule has 0 bridgehead atoms. The Morgan fingerprint density at radius 3 is 2.59 bits per heavy atom. The second-order valence-corrected chi connectivity index (χ2v) is 8.16. The first-order chi connectivity index (χ1) is 14.0. The van der Waals surface area contributed by atoms with E-state index in [1.165, 1.54) is 23.1 Å². The van der Waals surface area contributed by atoms with Crippen LogP contribution in [0.5, 0.6) is 5.75 Å². The number of anilines is 2. The summed E-state index contributed by atoms with van der Waals surface area (Å²) < 4.78 is 6.07. The Morgan fingerprint density at radius 2 is 1.83 bits per heavy atom. The molecule has 0 spiro atoms. The van der Waals surface area contributed by atoms with Crippen molar-refractivity contribution in [2.24, 2.45) is 0 Å². The number of rotatable bonds is 8. The smallest absolute Gasteiger partial charge is 0.261 e. The Balaban J connectivity index is 1.53. The van der Waals surface area contributed by atoms with Crippen molar-refractivity contribution in [1.82, 2.24) is 10.2 Å². The summed E-state index contributed by atoms with van der Waals surface area (Å²) in [7, 11) is 0. The van der Waals surface area contributed by atoms with E-state index in [9.17, 15) is 9.59 Å². The quantitative estimate of drug-likeness (QED) is 0.412. The van der Waals surface area contributed by atoms with E-state index >= 15 is 0 Å². The molecule has 9 heteroatoms. The molecule has 2 amide bonds. The van der Waals surface area contributed by atoms with Crippen LogP contribution in [0, 0.1) is 6.92 Å². The number of nitrogens with zero attached hydrogens (tertiary/aromatic N) is 2. The second kappa shape index (κ2) is 10.0. The summed E-state index contributed by atoms with van der Waals surface area (Å²) in [4.78, 5) is 24.6. The van der Waals surface area contributed by atoms with Crippen molar-refractivity contribution in [2.45, 2.75) is 18.2 Å². The van der Waals surface area contributed by atoms with Gasteiger partial charge in [-0.15, -0.1) is 10.2 Å². The molecule has 150 valence electrons. The molecule has 0 fully saturated rings. The Hall–Kier alpha value is -2.91. The maximum atomic E-state index is 12.5. The van der Waals surface area contributed by atoms with Crippen LogP contribution in [0.3, 0.4) is 0 Å². The van der Waals surface area contributed by atoms with Gasteiger partial charge in [-0.25, -0.2) is 0 Å². The molecule has 2 aromatic carbocycles. The summed E-state index contributed by atoms with van der Waals surface area (Å²) in [5.74, 6) is 0.257. The van der Waals surface area contributed by atoms with E-state index in [1.54, 1.807) is 18.2 Å². The summed E-state index contributed by atoms with van der Waals surface area (Å²) >= 11 is 2.48. The first-order valence-corrected chi connectivity index (χ1v) is 10.7. The summed E-state index contributed by atoms with van der Waals surface area (Å²) in [6.07, 6.45) is 0. The Bertz CT molecular complexity index is 989. The van der Waals surface area contributed by atoms with E-state index in [4.69, 9.17) is 4.74 Å². The molecular weight excluding hydrogens is 408 g/mol. The lowest BCUT2D eigenvalue weighted by atomic mass is 10.2. The summed E-state index contributed by atoms with van der Waals surface area (Å²) in [5.41, 5.74) is 2.31. The van der Waals surface area contributed by atoms with Gasteiger partial charge in [0.25, 0.3) is 5.91 Å². The van der Waals surface area contributed by atoms with Crippen LogP contribution in [0.15, 0.2) is 52.9 Å². The fraction of sp³-hybridized carbons (Fsp3) is 0.200. The van der Waals surface area contributed by atoms with Crippen molar-refractivity contribution < 1.29 is 14.3 Å². The summed E-state index contributed by atoms with van der Waals surface area (Å²) in [6.45, 7) is 4.31. The topological polar surface area (TPSA) is 93.2 Å². The van der Waals surface area contributed by atoms with Gasteiger partial charge in [-0.3, -0.25) is 14.9 Å². The zero-order valence-corrected chi connectivity index (χ0v) is 17.6. The average molecular weight is 429 g/mol. The highest BCUT2D eigenvalue weighted by atomic mass is 32.2. The number of aryl methyl sites for hydroxylation is 1. The van der Waals surface area contributed by atoms with Gasteiger partial charge in [-0.1, -0.05) is 52.9 Å². The van der Waals surface area contributed by atoms with E-state index in [1.807, 2.05) is 44.2 Å². The fourth-order valence-electron chi connectivity index (χ4n) is 2.38. The van der Waals surface area contributed by atoms with Crippen LogP contribution in [0.25, 0.3) is 0 Å². The molecule has 0 atom stereocenters. The number of thioether (sulfide) groups is 1. The molecule has 0 aliphatic heterocycles. The van der Waals surface area contributed by atoms with Crippen LogP contribution < -0.4 is 15.4 Å². The van der Waals surface area contributed by atoms with Crippen LogP contribution in [-0.2, 0) is 4.79 Å². The molecule has 3 rings (SSSR count).